The number of hydrogen-bond acceptors (Lipinski definition) is 4. The number of nitrogens with one attached hydrogen (secondary N) is 1. The van der Waals surface area contributed by atoms with Crippen molar-refractivity contribution in [2.45, 2.75) is 85.6 Å². The topological polar surface area (TPSA) is 64.6 Å². The molecule has 0 spiro atoms. The third-order valence-electron chi connectivity index (χ3n) is 3.28. The maximum atomic E-state index is 12.1. The fourth-order valence-electron chi connectivity index (χ4n) is 1.98. The van der Waals surface area contributed by atoms with E-state index in [2.05, 4.69) is 12.2 Å². The molecular formula is C18H35NO4. The Balaban J connectivity index is 4.11. The van der Waals surface area contributed by atoms with E-state index in [9.17, 15) is 9.59 Å². The number of carbonyl (C=O) groups excluding carboxylic acids is 2. The summed E-state index contributed by atoms with van der Waals surface area (Å²) < 4.78 is 10.4. The molecule has 0 aliphatic carbocycles. The van der Waals surface area contributed by atoms with Crippen molar-refractivity contribution < 1.29 is 19.1 Å². The summed E-state index contributed by atoms with van der Waals surface area (Å²) in [5, 5.41) is 2.62. The van der Waals surface area contributed by atoms with Crippen LogP contribution in [0.4, 0.5) is 4.79 Å². The van der Waals surface area contributed by atoms with Crippen molar-refractivity contribution in [3.05, 3.63) is 0 Å². The molecule has 0 rings (SSSR count). The number of ether oxygens (including phenoxy) is 2. The van der Waals surface area contributed by atoms with Crippen molar-refractivity contribution in [3.8, 4) is 0 Å². The van der Waals surface area contributed by atoms with E-state index in [0.717, 1.165) is 19.3 Å². The highest BCUT2D eigenvalue weighted by Gasteiger charge is 2.23. The number of unbranched alkanes of at least 4 members (excludes halogenated alkanes) is 4. The zero-order chi connectivity index (χ0) is 17.7. The fourth-order valence-corrected chi connectivity index (χ4v) is 1.98. The molecule has 1 amide bonds. The SMILES string of the molecule is CCCCCCCOC(=O)C(CCC)NC(=O)OCC(C)(C)C. The Morgan fingerprint density at radius 2 is 1.61 bits per heavy atom. The lowest BCUT2D eigenvalue weighted by atomic mass is 9.99. The zero-order valence-electron chi connectivity index (χ0n) is 15.6. The van der Waals surface area contributed by atoms with Crippen LogP contribution in [0.25, 0.3) is 0 Å². The summed E-state index contributed by atoms with van der Waals surface area (Å²) in [5.74, 6) is -0.366. The number of amides is 1. The average molecular weight is 329 g/mol. The molecule has 0 heterocycles. The van der Waals surface area contributed by atoms with Crippen molar-refractivity contribution >= 4 is 12.1 Å². The third-order valence-corrected chi connectivity index (χ3v) is 3.28. The second kappa shape index (κ2) is 12.2. The highest BCUT2D eigenvalue weighted by molar-refractivity contribution is 5.81. The van der Waals surface area contributed by atoms with Gasteiger partial charge in [-0.1, -0.05) is 66.7 Å². The van der Waals surface area contributed by atoms with Gasteiger partial charge in [-0.25, -0.2) is 9.59 Å². The van der Waals surface area contributed by atoms with Gasteiger partial charge in [0.15, 0.2) is 0 Å². The van der Waals surface area contributed by atoms with Crippen LogP contribution < -0.4 is 5.32 Å². The highest BCUT2D eigenvalue weighted by Crippen LogP contribution is 2.13. The number of carbonyl (C=O) groups is 2. The standard InChI is InChI=1S/C18H35NO4/c1-6-8-9-10-11-13-22-16(20)15(12-7-2)19-17(21)23-14-18(3,4)5/h15H,6-14H2,1-5H3,(H,19,21). The Morgan fingerprint density at radius 3 is 2.17 bits per heavy atom. The Kier molecular flexibility index (Phi) is 11.5. The summed E-state index contributed by atoms with van der Waals surface area (Å²) in [4.78, 5) is 23.9. The first-order valence-corrected chi connectivity index (χ1v) is 8.90. The lowest BCUT2D eigenvalue weighted by molar-refractivity contribution is -0.146. The molecule has 136 valence electrons. The molecule has 5 nitrogen and oxygen atoms in total. The van der Waals surface area contributed by atoms with Crippen LogP contribution in [-0.2, 0) is 14.3 Å². The van der Waals surface area contributed by atoms with Crippen LogP contribution in [0.5, 0.6) is 0 Å². The molecule has 0 fully saturated rings. The molecule has 0 aromatic heterocycles. The van der Waals surface area contributed by atoms with Crippen molar-refractivity contribution in [1.82, 2.24) is 5.32 Å². The largest absolute Gasteiger partial charge is 0.464 e. The summed E-state index contributed by atoms with van der Waals surface area (Å²) in [6.07, 6.45) is 6.31. The van der Waals surface area contributed by atoms with Crippen molar-refractivity contribution in [2.75, 3.05) is 13.2 Å². The minimum Gasteiger partial charge on any atom is -0.464 e. The lowest BCUT2D eigenvalue weighted by Gasteiger charge is -2.20. The van der Waals surface area contributed by atoms with E-state index in [4.69, 9.17) is 9.47 Å². The molecule has 0 bridgehead atoms. The van der Waals surface area contributed by atoms with E-state index >= 15 is 0 Å². The lowest BCUT2D eigenvalue weighted by Crippen LogP contribution is -2.42. The summed E-state index contributed by atoms with van der Waals surface area (Å²) in [5.41, 5.74) is -0.101. The number of esters is 1. The first kappa shape index (κ1) is 21.7. The van der Waals surface area contributed by atoms with Crippen molar-refractivity contribution in [2.24, 2.45) is 5.41 Å². The number of rotatable bonds is 11. The van der Waals surface area contributed by atoms with Crippen LogP contribution in [0.1, 0.15) is 79.6 Å². The molecule has 1 atom stereocenters. The van der Waals surface area contributed by atoms with Gasteiger partial charge in [0, 0.05) is 0 Å². The second-order valence-electron chi connectivity index (χ2n) is 7.20. The van der Waals surface area contributed by atoms with Gasteiger partial charge >= 0.3 is 12.1 Å². The minimum absolute atomic E-state index is 0.101. The van der Waals surface area contributed by atoms with Crippen LogP contribution in [0, 0.1) is 5.41 Å². The van der Waals surface area contributed by atoms with Gasteiger partial charge < -0.3 is 14.8 Å². The van der Waals surface area contributed by atoms with E-state index in [1.165, 1.54) is 19.3 Å². The van der Waals surface area contributed by atoms with Gasteiger partial charge in [-0.2, -0.15) is 0 Å². The van der Waals surface area contributed by atoms with Crippen LogP contribution in [0.15, 0.2) is 0 Å². The normalized spacial score (nSPS) is 12.6. The van der Waals surface area contributed by atoms with E-state index in [1.54, 1.807) is 0 Å². The van der Waals surface area contributed by atoms with E-state index in [0.29, 0.717) is 19.6 Å². The molecule has 0 aliphatic rings. The highest BCUT2D eigenvalue weighted by atomic mass is 16.6. The smallest absolute Gasteiger partial charge is 0.407 e. The predicted molar refractivity (Wildman–Crippen MR) is 92.4 cm³/mol. The molecule has 1 N–H and O–H groups in total. The molecule has 5 heteroatoms. The van der Waals surface area contributed by atoms with Crippen LogP contribution in [0.2, 0.25) is 0 Å². The van der Waals surface area contributed by atoms with Crippen LogP contribution >= 0.6 is 0 Å². The average Bonchev–Trinajstić information content (AvgIpc) is 2.47. The van der Waals surface area contributed by atoms with E-state index in [1.807, 2.05) is 27.7 Å². The van der Waals surface area contributed by atoms with Gasteiger partial charge in [0.1, 0.15) is 6.04 Å². The van der Waals surface area contributed by atoms with Gasteiger partial charge in [-0.15, -0.1) is 0 Å². The van der Waals surface area contributed by atoms with Gasteiger partial charge in [0.05, 0.1) is 13.2 Å². The zero-order valence-corrected chi connectivity index (χ0v) is 15.6. The summed E-state index contributed by atoms with van der Waals surface area (Å²) in [6.45, 7) is 10.8. The van der Waals surface area contributed by atoms with E-state index < -0.39 is 12.1 Å². The van der Waals surface area contributed by atoms with Gasteiger partial charge in [0.2, 0.25) is 0 Å². The number of hydrogen-bond donors (Lipinski definition) is 1. The quantitative estimate of drug-likeness (QED) is 0.449. The molecule has 0 aromatic carbocycles. The molecule has 0 aliphatic heterocycles. The second-order valence-corrected chi connectivity index (χ2v) is 7.20. The summed E-state index contributed by atoms with van der Waals surface area (Å²) in [7, 11) is 0. The van der Waals surface area contributed by atoms with Crippen LogP contribution in [-0.4, -0.2) is 31.3 Å². The molecule has 0 saturated carbocycles. The fraction of sp³-hybridized carbons (Fsp3) is 0.889. The predicted octanol–water partition coefficient (Wildman–Crippen LogP) is 4.44. The Bertz CT molecular complexity index is 336. The maximum Gasteiger partial charge on any atom is 0.407 e. The van der Waals surface area contributed by atoms with Crippen LogP contribution in [0.3, 0.4) is 0 Å². The first-order chi connectivity index (χ1) is 10.8. The molecule has 0 saturated heterocycles. The summed E-state index contributed by atoms with van der Waals surface area (Å²) in [6, 6.07) is -0.622. The van der Waals surface area contributed by atoms with Gasteiger partial charge in [-0.05, 0) is 18.3 Å². The van der Waals surface area contributed by atoms with E-state index in [-0.39, 0.29) is 11.4 Å². The van der Waals surface area contributed by atoms with Gasteiger partial charge in [-0.3, -0.25) is 0 Å². The third kappa shape index (κ3) is 12.9. The number of alkyl carbamates (subject to hydrolysis) is 1. The van der Waals surface area contributed by atoms with Gasteiger partial charge in [0.25, 0.3) is 0 Å². The monoisotopic (exact) mass is 329 g/mol. The van der Waals surface area contributed by atoms with Crippen molar-refractivity contribution in [1.29, 1.82) is 0 Å². The Morgan fingerprint density at radius 1 is 0.957 bits per heavy atom. The van der Waals surface area contributed by atoms with Crippen molar-refractivity contribution in [3.63, 3.8) is 0 Å². The molecular weight excluding hydrogens is 294 g/mol. The first-order valence-electron chi connectivity index (χ1n) is 8.90. The molecule has 23 heavy (non-hydrogen) atoms. The molecule has 0 radical (unpaired) electrons. The maximum absolute atomic E-state index is 12.1. The minimum atomic E-state index is -0.622. The molecule has 0 aromatic rings. The Hall–Kier alpha value is -1.26. The molecule has 1 unspecified atom stereocenters. The summed E-state index contributed by atoms with van der Waals surface area (Å²) >= 11 is 0. The Labute approximate surface area is 141 Å².